The van der Waals surface area contributed by atoms with Gasteiger partial charge in [-0.1, -0.05) is 105 Å². The maximum absolute atomic E-state index is 14.7. The maximum atomic E-state index is 14.7. The molecule has 4 rings (SSSR count). The summed E-state index contributed by atoms with van der Waals surface area (Å²) < 4.78 is 16.9. The standard InChI is InChI=1S/C26H30Cl2NOP/c1-25(2)14-22-15-26(3,18-25)19-29(22)31(30,16-23(27)20-10-6-4-7-11-20)17-24(28)21-12-8-5-9-13-21/h4-13,16-17,22H,14-15,18-19H2,1-3H3/b23-16-,24-17+/t22-,26+,31?/m1/s1. The quantitative estimate of drug-likeness (QED) is 0.404. The van der Waals surface area contributed by atoms with E-state index in [-0.39, 0.29) is 16.9 Å². The summed E-state index contributed by atoms with van der Waals surface area (Å²) in [5.41, 5.74) is 2.11. The summed E-state index contributed by atoms with van der Waals surface area (Å²) in [4.78, 5) is 0. The summed E-state index contributed by atoms with van der Waals surface area (Å²) in [6.07, 6.45) is 3.23. The first kappa shape index (κ1) is 22.9. The molecule has 1 saturated heterocycles. The lowest BCUT2D eigenvalue weighted by molar-refractivity contribution is 0.133. The van der Waals surface area contributed by atoms with Crippen molar-refractivity contribution in [2.24, 2.45) is 10.8 Å². The van der Waals surface area contributed by atoms with E-state index in [0.717, 1.165) is 36.9 Å². The van der Waals surface area contributed by atoms with Gasteiger partial charge in [0.25, 0.3) is 0 Å². The molecule has 2 fully saturated rings. The van der Waals surface area contributed by atoms with Gasteiger partial charge in [0.05, 0.1) is 10.1 Å². The molecule has 0 N–H and O–H groups in total. The highest BCUT2D eigenvalue weighted by molar-refractivity contribution is 7.68. The van der Waals surface area contributed by atoms with Crippen molar-refractivity contribution in [2.45, 2.75) is 46.1 Å². The number of benzene rings is 2. The molecule has 0 radical (unpaired) electrons. The molecule has 2 bridgehead atoms. The van der Waals surface area contributed by atoms with Crippen LogP contribution in [-0.2, 0) is 4.57 Å². The van der Waals surface area contributed by atoms with Crippen molar-refractivity contribution in [3.63, 3.8) is 0 Å². The van der Waals surface area contributed by atoms with E-state index in [4.69, 9.17) is 23.2 Å². The lowest BCUT2D eigenvalue weighted by Gasteiger charge is -2.40. The Labute approximate surface area is 196 Å². The third-order valence-electron chi connectivity index (χ3n) is 6.48. The Balaban J connectivity index is 1.79. The van der Waals surface area contributed by atoms with Gasteiger partial charge in [0.1, 0.15) is 0 Å². The number of rotatable bonds is 5. The average Bonchev–Trinajstić information content (AvgIpc) is 2.98. The molecule has 2 aliphatic rings. The van der Waals surface area contributed by atoms with Crippen molar-refractivity contribution in [1.82, 2.24) is 4.67 Å². The van der Waals surface area contributed by atoms with Crippen LogP contribution in [0.1, 0.15) is 51.2 Å². The van der Waals surface area contributed by atoms with Crippen LogP contribution in [0.4, 0.5) is 0 Å². The van der Waals surface area contributed by atoms with Gasteiger partial charge in [-0.25, -0.2) is 4.67 Å². The van der Waals surface area contributed by atoms with Crippen LogP contribution in [0.2, 0.25) is 0 Å². The van der Waals surface area contributed by atoms with Gasteiger partial charge in [-0.05, 0) is 41.2 Å². The molecular weight excluding hydrogens is 444 g/mol. The minimum absolute atomic E-state index is 0.155. The van der Waals surface area contributed by atoms with Crippen molar-refractivity contribution < 1.29 is 4.57 Å². The molecule has 1 unspecified atom stereocenters. The topological polar surface area (TPSA) is 20.3 Å². The lowest BCUT2D eigenvalue weighted by Crippen LogP contribution is -2.33. The molecule has 3 atom stereocenters. The van der Waals surface area contributed by atoms with Gasteiger partial charge in [-0.2, -0.15) is 0 Å². The fourth-order valence-corrected chi connectivity index (χ4v) is 9.30. The molecule has 164 valence electrons. The molecule has 2 aromatic rings. The van der Waals surface area contributed by atoms with Gasteiger partial charge in [-0.3, -0.25) is 4.57 Å². The van der Waals surface area contributed by atoms with E-state index in [1.165, 1.54) is 0 Å². The first-order valence-corrected chi connectivity index (χ1v) is 13.4. The average molecular weight is 474 g/mol. The summed E-state index contributed by atoms with van der Waals surface area (Å²) in [5.74, 6) is 3.51. The van der Waals surface area contributed by atoms with Crippen LogP contribution in [0.25, 0.3) is 10.1 Å². The Morgan fingerprint density at radius 3 is 1.87 bits per heavy atom. The summed E-state index contributed by atoms with van der Waals surface area (Å²) in [7, 11) is -3.13. The molecule has 2 aromatic carbocycles. The predicted octanol–water partition coefficient (Wildman–Crippen LogP) is 8.64. The van der Waals surface area contributed by atoms with E-state index in [0.29, 0.717) is 10.1 Å². The predicted molar refractivity (Wildman–Crippen MR) is 134 cm³/mol. The third-order valence-corrected chi connectivity index (χ3v) is 9.97. The maximum Gasteiger partial charge on any atom is 0.196 e. The van der Waals surface area contributed by atoms with E-state index in [1.807, 2.05) is 60.7 Å². The SMILES string of the molecule is CC1(C)C[C@@H]2C[C@](C)(CN2P(=O)(/C=C(\Cl)c2ccccc2)/C=C(/Cl)c2ccccc2)C1. The van der Waals surface area contributed by atoms with E-state index in [2.05, 4.69) is 25.4 Å². The van der Waals surface area contributed by atoms with Gasteiger partial charge >= 0.3 is 0 Å². The molecule has 2 nitrogen and oxygen atoms in total. The molecule has 0 spiro atoms. The highest BCUT2D eigenvalue weighted by Gasteiger charge is 2.53. The van der Waals surface area contributed by atoms with Crippen LogP contribution < -0.4 is 0 Å². The number of halogens is 2. The molecule has 1 aliphatic carbocycles. The zero-order valence-electron chi connectivity index (χ0n) is 18.4. The Kier molecular flexibility index (Phi) is 6.32. The molecule has 0 amide bonds. The fraction of sp³-hybridized carbons (Fsp3) is 0.385. The molecular formula is C26H30Cl2NOP. The van der Waals surface area contributed by atoms with Crippen molar-refractivity contribution in [3.8, 4) is 0 Å². The monoisotopic (exact) mass is 473 g/mol. The highest BCUT2D eigenvalue weighted by Crippen LogP contribution is 2.65. The molecule has 0 aromatic heterocycles. The van der Waals surface area contributed by atoms with Crippen molar-refractivity contribution in [1.29, 1.82) is 0 Å². The number of nitrogens with zero attached hydrogens (tertiary/aromatic N) is 1. The second-order valence-electron chi connectivity index (χ2n) is 10.2. The largest absolute Gasteiger partial charge is 0.297 e. The molecule has 1 saturated carbocycles. The van der Waals surface area contributed by atoms with Gasteiger partial charge in [0.15, 0.2) is 7.29 Å². The highest BCUT2D eigenvalue weighted by atomic mass is 35.5. The van der Waals surface area contributed by atoms with Crippen molar-refractivity contribution >= 4 is 40.6 Å². The minimum atomic E-state index is -3.13. The van der Waals surface area contributed by atoms with Crippen LogP contribution in [-0.4, -0.2) is 17.3 Å². The molecule has 5 heteroatoms. The van der Waals surface area contributed by atoms with Crippen LogP contribution in [0.3, 0.4) is 0 Å². The molecule has 1 aliphatic heterocycles. The van der Waals surface area contributed by atoms with Crippen LogP contribution in [0.15, 0.2) is 72.3 Å². The Hall–Kier alpha value is -1.31. The second-order valence-corrected chi connectivity index (χ2v) is 13.4. The number of hydrogen-bond acceptors (Lipinski definition) is 1. The first-order chi connectivity index (χ1) is 14.6. The summed E-state index contributed by atoms with van der Waals surface area (Å²) >= 11 is 13.4. The zero-order chi connectivity index (χ0) is 22.3. The van der Waals surface area contributed by atoms with Crippen LogP contribution in [0.5, 0.6) is 0 Å². The van der Waals surface area contributed by atoms with Crippen molar-refractivity contribution in [3.05, 3.63) is 83.4 Å². The fourth-order valence-electron chi connectivity index (χ4n) is 5.65. The van der Waals surface area contributed by atoms with E-state index in [1.54, 1.807) is 11.6 Å². The van der Waals surface area contributed by atoms with Gasteiger partial charge in [0.2, 0.25) is 0 Å². The molecule has 1 heterocycles. The van der Waals surface area contributed by atoms with E-state index >= 15 is 0 Å². The normalized spacial score (nSPS) is 28.4. The third kappa shape index (κ3) is 5.04. The van der Waals surface area contributed by atoms with Crippen molar-refractivity contribution in [2.75, 3.05) is 6.54 Å². The summed E-state index contributed by atoms with van der Waals surface area (Å²) in [5, 5.41) is 1.01. The van der Waals surface area contributed by atoms with Gasteiger partial charge in [-0.15, -0.1) is 0 Å². The Morgan fingerprint density at radius 2 is 1.39 bits per heavy atom. The summed E-state index contributed by atoms with van der Waals surface area (Å²) in [6.45, 7) is 7.77. The Morgan fingerprint density at radius 1 is 0.903 bits per heavy atom. The lowest BCUT2D eigenvalue weighted by atomic mass is 9.65. The number of hydrogen-bond donors (Lipinski definition) is 0. The molecule has 31 heavy (non-hydrogen) atoms. The van der Waals surface area contributed by atoms with Gasteiger partial charge < -0.3 is 0 Å². The van der Waals surface area contributed by atoms with E-state index < -0.39 is 7.29 Å². The first-order valence-electron chi connectivity index (χ1n) is 10.8. The zero-order valence-corrected chi connectivity index (χ0v) is 20.8. The van der Waals surface area contributed by atoms with Crippen LogP contribution in [0, 0.1) is 10.8 Å². The smallest absolute Gasteiger partial charge is 0.196 e. The number of fused-ring (bicyclic) bond motifs is 2. The van der Waals surface area contributed by atoms with Gasteiger partial charge in [0, 0.05) is 24.2 Å². The second kappa shape index (κ2) is 8.56. The minimum Gasteiger partial charge on any atom is -0.297 e. The Bertz CT molecular complexity index is 988. The van der Waals surface area contributed by atoms with E-state index in [9.17, 15) is 4.57 Å². The van der Waals surface area contributed by atoms with Crippen LogP contribution >= 0.6 is 30.5 Å². The summed E-state index contributed by atoms with van der Waals surface area (Å²) in [6, 6.07) is 19.7.